The average Bonchev–Trinajstić information content (AvgIpc) is 3.57. The third kappa shape index (κ3) is 3.47. The number of hydrogen-bond donors (Lipinski definition) is 1. The van der Waals surface area contributed by atoms with Crippen LogP contribution in [0.15, 0.2) is 49.1 Å². The summed E-state index contributed by atoms with van der Waals surface area (Å²) >= 11 is 0. The maximum atomic E-state index is 12.9. The lowest BCUT2D eigenvalue weighted by Crippen LogP contribution is -2.41. The SMILES string of the molecule is CO[C@@H]1C[C@H]2COc3nc4c(cnn4cc3C)-c3cc(cc(-n4cccn4)c3)NCCN2C1=O. The fourth-order valence-electron chi connectivity index (χ4n) is 4.74. The first kappa shape index (κ1) is 20.7. The highest BCUT2D eigenvalue weighted by Gasteiger charge is 2.40. The normalized spacial score (nSPS) is 20.2. The van der Waals surface area contributed by atoms with Crippen molar-refractivity contribution in [3.63, 3.8) is 0 Å². The van der Waals surface area contributed by atoms with Gasteiger partial charge in [-0.2, -0.15) is 15.2 Å². The number of anilines is 1. The molecular formula is C24H25N7O3. The minimum absolute atomic E-state index is 0.00538. The second-order valence-electron chi connectivity index (χ2n) is 8.66. The molecule has 0 unspecified atom stereocenters. The van der Waals surface area contributed by atoms with Gasteiger partial charge in [-0.25, -0.2) is 9.20 Å². The second-order valence-corrected chi connectivity index (χ2v) is 8.66. The number of carbonyl (C=O) groups is 1. The summed E-state index contributed by atoms with van der Waals surface area (Å²) in [5.74, 6) is 0.537. The molecule has 174 valence electrons. The Morgan fingerprint density at radius 3 is 2.97 bits per heavy atom. The Bertz CT molecular complexity index is 1360. The van der Waals surface area contributed by atoms with E-state index in [0.29, 0.717) is 37.6 Å². The Kier molecular flexibility index (Phi) is 4.95. The smallest absolute Gasteiger partial charge is 0.252 e. The molecule has 2 atom stereocenters. The van der Waals surface area contributed by atoms with E-state index in [2.05, 4.69) is 27.6 Å². The number of nitrogens with one attached hydrogen (secondary N) is 1. The van der Waals surface area contributed by atoms with E-state index in [4.69, 9.17) is 14.5 Å². The van der Waals surface area contributed by atoms with E-state index in [9.17, 15) is 4.79 Å². The summed E-state index contributed by atoms with van der Waals surface area (Å²) in [6.07, 6.45) is 7.54. The van der Waals surface area contributed by atoms with Crippen LogP contribution in [0.3, 0.4) is 0 Å². The lowest BCUT2D eigenvalue weighted by Gasteiger charge is -2.25. The van der Waals surface area contributed by atoms with Gasteiger partial charge in [0.25, 0.3) is 5.91 Å². The lowest BCUT2D eigenvalue weighted by atomic mass is 10.1. The number of methoxy groups -OCH3 is 1. The highest BCUT2D eigenvalue weighted by atomic mass is 16.5. The molecule has 3 aromatic heterocycles. The molecule has 1 N–H and O–H groups in total. The van der Waals surface area contributed by atoms with E-state index in [1.807, 2.05) is 47.2 Å². The van der Waals surface area contributed by atoms with Crippen molar-refractivity contribution in [1.29, 1.82) is 0 Å². The molecule has 0 spiro atoms. The molecule has 0 radical (unpaired) electrons. The van der Waals surface area contributed by atoms with Crippen molar-refractivity contribution in [3.8, 4) is 22.7 Å². The molecular weight excluding hydrogens is 434 g/mol. The number of nitrogens with zero attached hydrogens (tertiary/aromatic N) is 6. The molecule has 4 bridgehead atoms. The Morgan fingerprint density at radius 1 is 1.24 bits per heavy atom. The van der Waals surface area contributed by atoms with Crippen LogP contribution in [0.5, 0.6) is 5.88 Å². The summed E-state index contributed by atoms with van der Waals surface area (Å²) in [4.78, 5) is 19.6. The Morgan fingerprint density at radius 2 is 2.15 bits per heavy atom. The highest BCUT2D eigenvalue weighted by molar-refractivity contribution is 5.84. The van der Waals surface area contributed by atoms with Crippen molar-refractivity contribution in [2.45, 2.75) is 25.5 Å². The van der Waals surface area contributed by atoms with Gasteiger partial charge in [0, 0.05) is 62.0 Å². The van der Waals surface area contributed by atoms with Gasteiger partial charge >= 0.3 is 0 Å². The highest BCUT2D eigenvalue weighted by Crippen LogP contribution is 2.31. The molecule has 5 heterocycles. The topological polar surface area (TPSA) is 98.8 Å². The van der Waals surface area contributed by atoms with E-state index in [1.54, 1.807) is 17.8 Å². The van der Waals surface area contributed by atoms with Gasteiger partial charge in [0.05, 0.1) is 17.9 Å². The maximum Gasteiger partial charge on any atom is 0.252 e. The molecule has 0 saturated carbocycles. The number of aromatic nitrogens is 5. The maximum absolute atomic E-state index is 12.9. The third-order valence-corrected chi connectivity index (χ3v) is 6.49. The van der Waals surface area contributed by atoms with Crippen LogP contribution >= 0.6 is 0 Å². The number of amides is 1. The first-order valence-corrected chi connectivity index (χ1v) is 11.3. The molecule has 6 rings (SSSR count). The van der Waals surface area contributed by atoms with E-state index in [-0.39, 0.29) is 11.9 Å². The summed E-state index contributed by atoms with van der Waals surface area (Å²) in [5.41, 5.74) is 5.27. The number of rotatable bonds is 2. The molecule has 34 heavy (non-hydrogen) atoms. The van der Waals surface area contributed by atoms with Crippen molar-refractivity contribution in [3.05, 3.63) is 54.6 Å². The molecule has 1 aromatic carbocycles. The van der Waals surface area contributed by atoms with Crippen LogP contribution in [0.2, 0.25) is 0 Å². The number of fused-ring (bicyclic) bond motifs is 5. The summed E-state index contributed by atoms with van der Waals surface area (Å²) in [5, 5.41) is 12.4. The van der Waals surface area contributed by atoms with Gasteiger partial charge in [-0.1, -0.05) is 0 Å². The Balaban J connectivity index is 1.48. The van der Waals surface area contributed by atoms with E-state index in [1.165, 1.54) is 0 Å². The van der Waals surface area contributed by atoms with Gasteiger partial charge in [-0.15, -0.1) is 0 Å². The third-order valence-electron chi connectivity index (χ3n) is 6.49. The van der Waals surface area contributed by atoms with Crippen LogP contribution in [0.1, 0.15) is 12.0 Å². The summed E-state index contributed by atoms with van der Waals surface area (Å²) in [7, 11) is 1.58. The molecule has 1 fully saturated rings. The van der Waals surface area contributed by atoms with Crippen LogP contribution in [0.25, 0.3) is 22.5 Å². The zero-order valence-electron chi connectivity index (χ0n) is 19.0. The molecule has 10 nitrogen and oxygen atoms in total. The molecule has 10 heteroatoms. The fraction of sp³-hybridized carbons (Fsp3) is 0.333. The molecule has 4 aromatic rings. The second kappa shape index (κ2) is 8.14. The number of benzene rings is 1. The largest absolute Gasteiger partial charge is 0.475 e. The number of hydrogen-bond acceptors (Lipinski definition) is 7. The standard InChI is InChI=1S/C24H25N7O3/c1-15-13-31-22-20(12-27-31)16-8-17(10-18(9-16)30-6-3-4-26-30)25-5-7-29-19(14-34-23(15)28-22)11-21(33-2)24(29)32/h3-4,6,8-10,12-13,19,21,25H,5,7,11,14H2,1-2H3/t19-,21+/m0/s1. The molecule has 2 aliphatic heterocycles. The monoisotopic (exact) mass is 459 g/mol. The van der Waals surface area contributed by atoms with Gasteiger partial charge in [0.15, 0.2) is 5.65 Å². The van der Waals surface area contributed by atoms with Crippen LogP contribution in [0.4, 0.5) is 5.69 Å². The zero-order valence-corrected chi connectivity index (χ0v) is 19.0. The number of carbonyl (C=O) groups excluding carboxylic acids is 1. The van der Waals surface area contributed by atoms with Crippen molar-refractivity contribution >= 4 is 17.2 Å². The molecule has 1 saturated heterocycles. The predicted molar refractivity (Wildman–Crippen MR) is 125 cm³/mol. The van der Waals surface area contributed by atoms with E-state index >= 15 is 0 Å². The average molecular weight is 460 g/mol. The summed E-state index contributed by atoms with van der Waals surface area (Å²) in [6, 6.07) is 7.97. The first-order valence-electron chi connectivity index (χ1n) is 11.3. The van der Waals surface area contributed by atoms with Crippen molar-refractivity contribution in [2.75, 3.05) is 32.1 Å². The van der Waals surface area contributed by atoms with Gasteiger partial charge < -0.3 is 19.7 Å². The zero-order chi connectivity index (χ0) is 23.2. The fourth-order valence-corrected chi connectivity index (χ4v) is 4.74. The quantitative estimate of drug-likeness (QED) is 0.491. The Hall–Kier alpha value is -3.92. The summed E-state index contributed by atoms with van der Waals surface area (Å²) < 4.78 is 15.2. The van der Waals surface area contributed by atoms with Crippen molar-refractivity contribution in [2.24, 2.45) is 0 Å². The molecule has 1 amide bonds. The van der Waals surface area contributed by atoms with Gasteiger partial charge in [-0.05, 0) is 36.8 Å². The van der Waals surface area contributed by atoms with Crippen LogP contribution in [0, 0.1) is 6.92 Å². The minimum atomic E-state index is -0.447. The van der Waals surface area contributed by atoms with Crippen molar-refractivity contribution in [1.82, 2.24) is 29.3 Å². The minimum Gasteiger partial charge on any atom is -0.475 e. The first-order chi connectivity index (χ1) is 16.6. The van der Waals surface area contributed by atoms with Gasteiger partial charge in [0.2, 0.25) is 5.88 Å². The van der Waals surface area contributed by atoms with E-state index in [0.717, 1.165) is 28.1 Å². The molecule has 2 aliphatic rings. The predicted octanol–water partition coefficient (Wildman–Crippen LogP) is 2.31. The van der Waals surface area contributed by atoms with Gasteiger partial charge in [-0.3, -0.25) is 4.79 Å². The van der Waals surface area contributed by atoms with Crippen molar-refractivity contribution < 1.29 is 14.3 Å². The van der Waals surface area contributed by atoms with Gasteiger partial charge in [0.1, 0.15) is 12.7 Å². The summed E-state index contributed by atoms with van der Waals surface area (Å²) in [6.45, 7) is 3.43. The van der Waals surface area contributed by atoms with Crippen LogP contribution < -0.4 is 10.1 Å². The molecule has 0 aliphatic carbocycles. The number of ether oxygens (including phenoxy) is 2. The van der Waals surface area contributed by atoms with Crippen LogP contribution in [-0.2, 0) is 9.53 Å². The Labute approximate surface area is 196 Å². The lowest BCUT2D eigenvalue weighted by molar-refractivity contribution is -0.136. The van der Waals surface area contributed by atoms with E-state index < -0.39 is 6.10 Å². The van der Waals surface area contributed by atoms with Crippen LogP contribution in [-0.4, -0.2) is 74.1 Å². The number of aryl methyl sites for hydroxylation is 1.